The molecule has 0 saturated heterocycles. The van der Waals surface area contributed by atoms with E-state index in [1.807, 2.05) is 0 Å². The minimum absolute atomic E-state index is 0.0831. The van der Waals surface area contributed by atoms with Crippen molar-refractivity contribution in [3.8, 4) is 0 Å². The molecular formula is C10H14N2O2. The molecular weight excluding hydrogens is 180 g/mol. The molecule has 1 aliphatic heterocycles. The maximum Gasteiger partial charge on any atom is 0.309 e. The SMILES string of the molecule is CC1CCCn2c(CC(=O)O)cnc21. The quantitative estimate of drug-likeness (QED) is 0.774. The molecule has 0 spiro atoms. The number of nitrogens with zero attached hydrogens (tertiary/aromatic N) is 2. The highest BCUT2D eigenvalue weighted by atomic mass is 16.4. The number of hydrogen-bond donors (Lipinski definition) is 1. The second-order valence-electron chi connectivity index (χ2n) is 3.87. The summed E-state index contributed by atoms with van der Waals surface area (Å²) in [5.74, 6) is 0.727. The number of aliphatic carboxylic acids is 1. The third kappa shape index (κ3) is 1.52. The lowest BCUT2D eigenvalue weighted by Crippen LogP contribution is -2.17. The fourth-order valence-corrected chi connectivity index (χ4v) is 2.06. The Balaban J connectivity index is 2.31. The molecule has 0 radical (unpaired) electrons. The Labute approximate surface area is 82.6 Å². The minimum Gasteiger partial charge on any atom is -0.481 e. The molecule has 1 atom stereocenters. The molecule has 1 unspecified atom stereocenters. The number of carboxylic acids is 1. The topological polar surface area (TPSA) is 55.1 Å². The van der Waals surface area contributed by atoms with Crippen LogP contribution in [0.2, 0.25) is 0 Å². The van der Waals surface area contributed by atoms with Crippen LogP contribution in [0.15, 0.2) is 6.20 Å². The van der Waals surface area contributed by atoms with Gasteiger partial charge in [-0.3, -0.25) is 4.79 Å². The Morgan fingerprint density at radius 2 is 2.57 bits per heavy atom. The predicted molar refractivity (Wildman–Crippen MR) is 51.2 cm³/mol. The van der Waals surface area contributed by atoms with Crippen LogP contribution >= 0.6 is 0 Å². The van der Waals surface area contributed by atoms with E-state index in [0.717, 1.165) is 30.9 Å². The molecule has 4 heteroatoms. The van der Waals surface area contributed by atoms with E-state index in [0.29, 0.717) is 5.92 Å². The first kappa shape index (κ1) is 9.24. The Hall–Kier alpha value is -1.32. The molecule has 1 aliphatic rings. The lowest BCUT2D eigenvalue weighted by Gasteiger charge is -2.21. The van der Waals surface area contributed by atoms with Crippen molar-refractivity contribution >= 4 is 5.97 Å². The van der Waals surface area contributed by atoms with Gasteiger partial charge in [0.15, 0.2) is 0 Å². The van der Waals surface area contributed by atoms with Gasteiger partial charge in [0, 0.05) is 24.4 Å². The summed E-state index contributed by atoms with van der Waals surface area (Å²) in [5.41, 5.74) is 0.832. The number of aromatic nitrogens is 2. The van der Waals surface area contributed by atoms with Crippen molar-refractivity contribution < 1.29 is 9.90 Å². The van der Waals surface area contributed by atoms with Crippen molar-refractivity contribution in [2.24, 2.45) is 0 Å². The molecule has 76 valence electrons. The molecule has 0 aromatic carbocycles. The average molecular weight is 194 g/mol. The van der Waals surface area contributed by atoms with Crippen LogP contribution in [0, 0.1) is 0 Å². The molecule has 4 nitrogen and oxygen atoms in total. The molecule has 2 heterocycles. The summed E-state index contributed by atoms with van der Waals surface area (Å²) in [7, 11) is 0. The normalized spacial score (nSPS) is 20.5. The van der Waals surface area contributed by atoms with Crippen LogP contribution in [-0.4, -0.2) is 20.6 Å². The van der Waals surface area contributed by atoms with Crippen molar-refractivity contribution in [1.29, 1.82) is 0 Å². The minimum atomic E-state index is -0.786. The summed E-state index contributed by atoms with van der Waals surface area (Å²) in [6.45, 7) is 3.06. The van der Waals surface area contributed by atoms with E-state index in [1.54, 1.807) is 6.20 Å². The molecule has 1 aromatic rings. The van der Waals surface area contributed by atoms with Crippen LogP contribution in [0.1, 0.15) is 37.2 Å². The number of rotatable bonds is 2. The Morgan fingerprint density at radius 3 is 3.29 bits per heavy atom. The molecule has 1 aromatic heterocycles. The number of hydrogen-bond acceptors (Lipinski definition) is 2. The Bertz CT molecular complexity index is 357. The molecule has 0 aliphatic carbocycles. The largest absolute Gasteiger partial charge is 0.481 e. The van der Waals surface area contributed by atoms with E-state index in [2.05, 4.69) is 16.5 Å². The van der Waals surface area contributed by atoms with Crippen LogP contribution in [-0.2, 0) is 17.8 Å². The first-order chi connectivity index (χ1) is 6.68. The van der Waals surface area contributed by atoms with E-state index in [4.69, 9.17) is 5.11 Å². The van der Waals surface area contributed by atoms with Gasteiger partial charge in [-0.15, -0.1) is 0 Å². The third-order valence-electron chi connectivity index (χ3n) is 2.76. The first-order valence-electron chi connectivity index (χ1n) is 4.94. The van der Waals surface area contributed by atoms with Gasteiger partial charge in [-0.2, -0.15) is 0 Å². The van der Waals surface area contributed by atoms with Gasteiger partial charge in [-0.05, 0) is 12.8 Å². The Morgan fingerprint density at radius 1 is 1.79 bits per heavy atom. The zero-order valence-electron chi connectivity index (χ0n) is 8.23. The standard InChI is InChI=1S/C10H14N2O2/c1-7-3-2-4-12-8(5-9(13)14)6-11-10(7)12/h6-7H,2-5H2,1H3,(H,13,14). The lowest BCUT2D eigenvalue weighted by molar-refractivity contribution is -0.136. The van der Waals surface area contributed by atoms with Gasteiger partial charge < -0.3 is 9.67 Å². The molecule has 0 bridgehead atoms. The van der Waals surface area contributed by atoms with Gasteiger partial charge in [0.2, 0.25) is 0 Å². The second-order valence-corrected chi connectivity index (χ2v) is 3.87. The van der Waals surface area contributed by atoms with Crippen LogP contribution in [0.3, 0.4) is 0 Å². The zero-order valence-corrected chi connectivity index (χ0v) is 8.23. The molecule has 0 amide bonds. The van der Waals surface area contributed by atoms with Crippen molar-refractivity contribution in [3.63, 3.8) is 0 Å². The zero-order chi connectivity index (χ0) is 10.1. The van der Waals surface area contributed by atoms with Gasteiger partial charge in [0.25, 0.3) is 0 Å². The Kier molecular flexibility index (Phi) is 2.27. The molecule has 14 heavy (non-hydrogen) atoms. The summed E-state index contributed by atoms with van der Waals surface area (Å²) in [6, 6.07) is 0. The van der Waals surface area contributed by atoms with Crippen molar-refractivity contribution in [3.05, 3.63) is 17.7 Å². The van der Waals surface area contributed by atoms with E-state index >= 15 is 0 Å². The maximum absolute atomic E-state index is 10.6. The van der Waals surface area contributed by atoms with E-state index in [9.17, 15) is 4.79 Å². The van der Waals surface area contributed by atoms with E-state index in [-0.39, 0.29) is 6.42 Å². The smallest absolute Gasteiger partial charge is 0.309 e. The molecule has 1 N–H and O–H groups in total. The van der Waals surface area contributed by atoms with Crippen LogP contribution in [0.4, 0.5) is 0 Å². The summed E-state index contributed by atoms with van der Waals surface area (Å²) in [4.78, 5) is 14.9. The number of imidazole rings is 1. The average Bonchev–Trinajstić information content (AvgIpc) is 2.49. The monoisotopic (exact) mass is 194 g/mol. The number of carbonyl (C=O) groups is 1. The second kappa shape index (κ2) is 3.44. The fraction of sp³-hybridized carbons (Fsp3) is 0.600. The van der Waals surface area contributed by atoms with Gasteiger partial charge in [0.1, 0.15) is 5.82 Å². The van der Waals surface area contributed by atoms with Crippen LogP contribution in [0.25, 0.3) is 0 Å². The van der Waals surface area contributed by atoms with Crippen LogP contribution in [0.5, 0.6) is 0 Å². The molecule has 0 fully saturated rings. The fourth-order valence-electron chi connectivity index (χ4n) is 2.06. The van der Waals surface area contributed by atoms with Gasteiger partial charge >= 0.3 is 5.97 Å². The summed E-state index contributed by atoms with van der Waals surface area (Å²) in [6.07, 6.45) is 4.06. The van der Waals surface area contributed by atoms with Crippen molar-refractivity contribution in [1.82, 2.24) is 9.55 Å². The van der Waals surface area contributed by atoms with Crippen molar-refractivity contribution in [2.45, 2.75) is 38.6 Å². The lowest BCUT2D eigenvalue weighted by atomic mass is 10.0. The highest BCUT2D eigenvalue weighted by Crippen LogP contribution is 2.26. The summed E-state index contributed by atoms with van der Waals surface area (Å²) < 4.78 is 2.06. The summed E-state index contributed by atoms with van der Waals surface area (Å²) in [5, 5.41) is 8.71. The summed E-state index contributed by atoms with van der Waals surface area (Å²) >= 11 is 0. The van der Waals surface area contributed by atoms with Gasteiger partial charge in [0.05, 0.1) is 6.42 Å². The van der Waals surface area contributed by atoms with Gasteiger partial charge in [-0.25, -0.2) is 4.98 Å². The predicted octanol–water partition coefficient (Wildman–Crippen LogP) is 1.41. The third-order valence-corrected chi connectivity index (χ3v) is 2.76. The van der Waals surface area contributed by atoms with Crippen LogP contribution < -0.4 is 0 Å². The molecule has 0 saturated carbocycles. The van der Waals surface area contributed by atoms with E-state index < -0.39 is 5.97 Å². The van der Waals surface area contributed by atoms with Crippen molar-refractivity contribution in [2.75, 3.05) is 0 Å². The van der Waals surface area contributed by atoms with Gasteiger partial charge in [-0.1, -0.05) is 6.92 Å². The highest BCUT2D eigenvalue weighted by molar-refractivity contribution is 5.69. The number of carboxylic acid groups (broad SMARTS) is 1. The molecule has 2 rings (SSSR count). The van der Waals surface area contributed by atoms with E-state index in [1.165, 1.54) is 0 Å². The first-order valence-corrected chi connectivity index (χ1v) is 4.94. The highest BCUT2D eigenvalue weighted by Gasteiger charge is 2.20. The maximum atomic E-state index is 10.6. The number of fused-ring (bicyclic) bond motifs is 1.